The molecular formula is C12H13N5O3S2. The highest BCUT2D eigenvalue weighted by molar-refractivity contribution is 8.00. The number of thioether (sulfide) groups is 1. The van der Waals surface area contributed by atoms with Gasteiger partial charge in [0.05, 0.1) is 0 Å². The van der Waals surface area contributed by atoms with Gasteiger partial charge in [-0.1, -0.05) is 28.3 Å². The van der Waals surface area contributed by atoms with E-state index in [0.29, 0.717) is 15.2 Å². The van der Waals surface area contributed by atoms with Crippen LogP contribution < -0.4 is 10.6 Å². The summed E-state index contributed by atoms with van der Waals surface area (Å²) in [5.74, 6) is -0.621. The molecule has 1 aliphatic carbocycles. The summed E-state index contributed by atoms with van der Waals surface area (Å²) in [7, 11) is 0. The van der Waals surface area contributed by atoms with Crippen molar-refractivity contribution < 1.29 is 14.1 Å². The van der Waals surface area contributed by atoms with E-state index in [4.69, 9.17) is 4.52 Å². The molecule has 1 aliphatic rings. The van der Waals surface area contributed by atoms with Crippen LogP contribution in [0.4, 0.5) is 5.00 Å². The maximum atomic E-state index is 12.2. The molecule has 0 spiro atoms. The fraction of sp³-hybridized carbons (Fsp3) is 0.417. The molecule has 8 nitrogen and oxygen atoms in total. The molecule has 22 heavy (non-hydrogen) atoms. The minimum absolute atomic E-state index is 0.148. The second-order valence-electron chi connectivity index (χ2n) is 4.71. The van der Waals surface area contributed by atoms with Crippen LogP contribution in [0.1, 0.15) is 39.8 Å². The number of carbonyl (C=O) groups excluding carboxylic acids is 2. The Morgan fingerprint density at radius 3 is 2.68 bits per heavy atom. The van der Waals surface area contributed by atoms with Gasteiger partial charge in [-0.15, -0.1) is 0 Å². The molecule has 2 N–H and O–H groups in total. The van der Waals surface area contributed by atoms with Crippen molar-refractivity contribution in [3.05, 3.63) is 17.4 Å². The predicted octanol–water partition coefficient (Wildman–Crippen LogP) is 1.70. The van der Waals surface area contributed by atoms with E-state index in [2.05, 4.69) is 25.8 Å². The second kappa shape index (κ2) is 6.05. The van der Waals surface area contributed by atoms with Crippen LogP contribution in [0.25, 0.3) is 0 Å². The Morgan fingerprint density at radius 2 is 2.09 bits per heavy atom. The molecule has 116 valence electrons. The number of hydrogen-bond donors (Lipinski definition) is 2. The minimum Gasteiger partial charge on any atom is -0.348 e. The largest absolute Gasteiger partial charge is 0.348 e. The first-order chi connectivity index (χ1) is 10.6. The molecule has 0 unspecified atom stereocenters. The van der Waals surface area contributed by atoms with Gasteiger partial charge >= 0.3 is 11.8 Å². The third-order valence-corrected chi connectivity index (χ3v) is 4.81. The van der Waals surface area contributed by atoms with Crippen LogP contribution in [-0.4, -0.2) is 39.2 Å². The molecule has 1 fully saturated rings. The van der Waals surface area contributed by atoms with Gasteiger partial charge in [-0.3, -0.25) is 9.59 Å². The summed E-state index contributed by atoms with van der Waals surface area (Å²) in [4.78, 5) is 32.4. The molecule has 1 saturated carbocycles. The zero-order chi connectivity index (χ0) is 15.7. The van der Waals surface area contributed by atoms with E-state index in [1.807, 2.05) is 6.26 Å². The Hall–Kier alpha value is -1.94. The lowest BCUT2D eigenvalue weighted by Gasteiger charge is -2.03. The molecule has 2 heterocycles. The Balaban J connectivity index is 1.80. The molecule has 0 radical (unpaired) electrons. The average molecular weight is 339 g/mol. The van der Waals surface area contributed by atoms with Crippen LogP contribution in [0, 0.1) is 6.92 Å². The number of aromatic nitrogens is 3. The molecular weight excluding hydrogens is 326 g/mol. The highest BCUT2D eigenvalue weighted by atomic mass is 32.2. The van der Waals surface area contributed by atoms with Gasteiger partial charge in [-0.05, 0) is 26.0 Å². The number of thiazole rings is 1. The molecule has 2 aromatic heterocycles. The number of anilines is 1. The summed E-state index contributed by atoms with van der Waals surface area (Å²) >= 11 is 2.64. The van der Waals surface area contributed by atoms with Gasteiger partial charge in [0, 0.05) is 6.04 Å². The maximum absolute atomic E-state index is 12.2. The fourth-order valence-corrected chi connectivity index (χ4v) is 3.11. The van der Waals surface area contributed by atoms with Crippen molar-refractivity contribution in [1.29, 1.82) is 0 Å². The fourth-order valence-electron chi connectivity index (χ4n) is 1.65. The number of carbonyl (C=O) groups is 2. The molecule has 0 bridgehead atoms. The number of nitrogens with one attached hydrogen (secondary N) is 2. The van der Waals surface area contributed by atoms with Crippen molar-refractivity contribution in [3.63, 3.8) is 0 Å². The summed E-state index contributed by atoms with van der Waals surface area (Å²) in [6, 6.07) is 0.217. The Labute approximate surface area is 134 Å². The van der Waals surface area contributed by atoms with Gasteiger partial charge in [-0.2, -0.15) is 4.98 Å². The van der Waals surface area contributed by atoms with Crippen LogP contribution in [0.2, 0.25) is 0 Å². The lowest BCUT2D eigenvalue weighted by molar-refractivity contribution is 0.0947. The third-order valence-electron chi connectivity index (χ3n) is 2.86. The molecule has 2 aromatic rings. The first kappa shape index (κ1) is 15.0. The van der Waals surface area contributed by atoms with Gasteiger partial charge in [0.1, 0.15) is 5.00 Å². The third kappa shape index (κ3) is 3.28. The summed E-state index contributed by atoms with van der Waals surface area (Å²) in [5.41, 5.74) is 0.214. The predicted molar refractivity (Wildman–Crippen MR) is 81.4 cm³/mol. The average Bonchev–Trinajstić information content (AvgIpc) is 3.03. The van der Waals surface area contributed by atoms with E-state index in [-0.39, 0.29) is 23.5 Å². The van der Waals surface area contributed by atoms with Crippen LogP contribution in [0.3, 0.4) is 0 Å². The van der Waals surface area contributed by atoms with Gasteiger partial charge in [0.2, 0.25) is 0 Å². The lowest BCUT2D eigenvalue weighted by Crippen LogP contribution is -2.27. The number of hydrogen-bond acceptors (Lipinski definition) is 8. The number of nitrogens with zero attached hydrogens (tertiary/aromatic N) is 3. The molecule has 0 atom stereocenters. The maximum Gasteiger partial charge on any atom is 0.316 e. The summed E-state index contributed by atoms with van der Waals surface area (Å²) < 4.78 is 5.50. The van der Waals surface area contributed by atoms with Crippen LogP contribution in [-0.2, 0) is 0 Å². The number of aryl methyl sites for hydroxylation is 1. The van der Waals surface area contributed by atoms with Crippen molar-refractivity contribution in [3.8, 4) is 0 Å². The van der Waals surface area contributed by atoms with E-state index in [9.17, 15) is 9.59 Å². The van der Waals surface area contributed by atoms with Gasteiger partial charge in [0.25, 0.3) is 5.91 Å². The Bertz CT molecular complexity index is 722. The summed E-state index contributed by atoms with van der Waals surface area (Å²) in [6.07, 6.45) is 3.82. The van der Waals surface area contributed by atoms with Crippen LogP contribution in [0.15, 0.2) is 8.86 Å². The van der Waals surface area contributed by atoms with E-state index in [1.54, 1.807) is 6.92 Å². The highest BCUT2D eigenvalue weighted by Crippen LogP contribution is 2.31. The van der Waals surface area contributed by atoms with Crippen LogP contribution in [0.5, 0.6) is 0 Å². The molecule has 0 saturated heterocycles. The summed E-state index contributed by atoms with van der Waals surface area (Å²) in [6.45, 7) is 1.62. The minimum atomic E-state index is -0.558. The van der Waals surface area contributed by atoms with Crippen LogP contribution >= 0.6 is 23.1 Å². The van der Waals surface area contributed by atoms with Gasteiger partial charge < -0.3 is 15.2 Å². The zero-order valence-corrected chi connectivity index (χ0v) is 13.5. The topological polar surface area (TPSA) is 110 Å². The molecule has 2 amide bonds. The first-order valence-corrected chi connectivity index (χ1v) is 8.58. The first-order valence-electron chi connectivity index (χ1n) is 6.54. The standard InChI is InChI=1S/C12H13N5O3S2/c1-5-13-10(20-17-5)9(19)16-11-7(15-12(21-2)22-11)8(18)14-6-3-4-6/h6H,3-4H2,1-2H3,(H,14,18)(H,16,19). The van der Waals surface area contributed by atoms with Gasteiger partial charge in [0.15, 0.2) is 15.9 Å². The van der Waals surface area contributed by atoms with Crippen molar-refractivity contribution in [2.45, 2.75) is 30.1 Å². The Morgan fingerprint density at radius 1 is 1.32 bits per heavy atom. The summed E-state index contributed by atoms with van der Waals surface area (Å²) in [5, 5.41) is 9.42. The number of rotatable bonds is 5. The van der Waals surface area contributed by atoms with E-state index < -0.39 is 5.91 Å². The smallest absolute Gasteiger partial charge is 0.316 e. The van der Waals surface area contributed by atoms with Crippen molar-refractivity contribution in [2.75, 3.05) is 11.6 Å². The molecule has 0 aromatic carbocycles. The quantitative estimate of drug-likeness (QED) is 0.798. The molecule has 3 rings (SSSR count). The van der Waals surface area contributed by atoms with Crippen molar-refractivity contribution in [2.24, 2.45) is 0 Å². The monoisotopic (exact) mass is 339 g/mol. The van der Waals surface area contributed by atoms with Gasteiger partial charge in [-0.25, -0.2) is 4.98 Å². The van der Waals surface area contributed by atoms with Crippen molar-refractivity contribution in [1.82, 2.24) is 20.4 Å². The molecule has 0 aliphatic heterocycles. The van der Waals surface area contributed by atoms with E-state index in [1.165, 1.54) is 23.1 Å². The number of amides is 2. The SMILES string of the molecule is CSc1nc(C(=O)NC2CC2)c(NC(=O)c2nc(C)no2)s1. The van der Waals surface area contributed by atoms with Crippen molar-refractivity contribution >= 4 is 39.9 Å². The second-order valence-corrected chi connectivity index (χ2v) is 6.76. The Kier molecular flexibility index (Phi) is 4.12. The van der Waals surface area contributed by atoms with E-state index in [0.717, 1.165) is 12.8 Å². The zero-order valence-electron chi connectivity index (χ0n) is 11.9. The lowest BCUT2D eigenvalue weighted by atomic mass is 10.4. The van der Waals surface area contributed by atoms with E-state index >= 15 is 0 Å². The molecule has 10 heteroatoms. The highest BCUT2D eigenvalue weighted by Gasteiger charge is 2.28. The normalized spacial score (nSPS) is 13.9.